The Hall–Kier alpha value is -1.39. The molecule has 0 aliphatic heterocycles. The molecule has 1 aromatic heterocycles. The maximum absolute atomic E-state index is 5.44. The van der Waals surface area contributed by atoms with Crippen LogP contribution in [0.25, 0.3) is 0 Å². The normalized spacial score (nSPS) is 12.2. The van der Waals surface area contributed by atoms with Gasteiger partial charge >= 0.3 is 0 Å². The van der Waals surface area contributed by atoms with E-state index in [1.807, 2.05) is 24.3 Å². The molecule has 0 aliphatic rings. The van der Waals surface area contributed by atoms with E-state index < -0.39 is 0 Å². The predicted molar refractivity (Wildman–Crippen MR) is 85.1 cm³/mol. The minimum atomic E-state index is 0.0409. The van der Waals surface area contributed by atoms with Crippen molar-refractivity contribution in [3.05, 3.63) is 58.3 Å². The van der Waals surface area contributed by atoms with Gasteiger partial charge in [0.2, 0.25) is 0 Å². The highest BCUT2D eigenvalue weighted by Crippen LogP contribution is 2.28. The summed E-state index contributed by atoms with van der Waals surface area (Å²) in [4.78, 5) is 4.50. The van der Waals surface area contributed by atoms with Crippen molar-refractivity contribution in [2.45, 2.75) is 19.4 Å². The summed E-state index contributed by atoms with van der Waals surface area (Å²) in [5.41, 5.74) is 2.10. The van der Waals surface area contributed by atoms with E-state index in [0.717, 1.165) is 28.9 Å². The minimum Gasteiger partial charge on any atom is -0.495 e. The Balaban J connectivity index is 2.38. The first-order chi connectivity index (χ1) is 9.76. The minimum absolute atomic E-state index is 0.0409. The highest BCUT2D eigenvalue weighted by atomic mass is 79.9. The standard InChI is InChI=1S/C16H19BrN2O/c1-3-10-18-15(12-6-8-13(17)9-7-12)16-14(20-2)5-4-11-19-16/h4-9,11,15,18H,3,10H2,1-2H3. The molecule has 1 heterocycles. The molecule has 1 unspecified atom stereocenters. The maximum Gasteiger partial charge on any atom is 0.142 e. The van der Waals surface area contributed by atoms with Crippen LogP contribution in [-0.2, 0) is 0 Å². The first-order valence-corrected chi connectivity index (χ1v) is 7.53. The van der Waals surface area contributed by atoms with Gasteiger partial charge in [-0.05, 0) is 42.8 Å². The molecular formula is C16H19BrN2O. The summed E-state index contributed by atoms with van der Waals surface area (Å²) in [6, 6.07) is 12.2. The second kappa shape index (κ2) is 7.41. The van der Waals surface area contributed by atoms with E-state index in [9.17, 15) is 0 Å². The van der Waals surface area contributed by atoms with Crippen molar-refractivity contribution in [1.29, 1.82) is 0 Å². The average molecular weight is 335 g/mol. The zero-order chi connectivity index (χ0) is 14.4. The van der Waals surface area contributed by atoms with E-state index in [0.29, 0.717) is 0 Å². The summed E-state index contributed by atoms with van der Waals surface area (Å²) < 4.78 is 6.51. The molecule has 0 amide bonds. The van der Waals surface area contributed by atoms with Gasteiger partial charge in [-0.1, -0.05) is 35.0 Å². The van der Waals surface area contributed by atoms with Crippen LogP contribution in [0.5, 0.6) is 5.75 Å². The molecule has 0 saturated carbocycles. The van der Waals surface area contributed by atoms with Crippen LogP contribution in [0, 0.1) is 0 Å². The van der Waals surface area contributed by atoms with Crippen molar-refractivity contribution < 1.29 is 4.74 Å². The first-order valence-electron chi connectivity index (χ1n) is 6.74. The molecule has 0 bridgehead atoms. The summed E-state index contributed by atoms with van der Waals surface area (Å²) in [6.45, 7) is 3.09. The lowest BCUT2D eigenvalue weighted by molar-refractivity contribution is 0.400. The van der Waals surface area contributed by atoms with Gasteiger partial charge in [-0.3, -0.25) is 4.98 Å². The van der Waals surface area contributed by atoms with E-state index in [2.05, 4.69) is 45.3 Å². The van der Waals surface area contributed by atoms with Gasteiger partial charge < -0.3 is 10.1 Å². The van der Waals surface area contributed by atoms with Crippen LogP contribution in [0.15, 0.2) is 47.1 Å². The molecule has 0 radical (unpaired) electrons. The van der Waals surface area contributed by atoms with E-state index in [4.69, 9.17) is 4.74 Å². The Morgan fingerprint density at radius 2 is 2.00 bits per heavy atom. The zero-order valence-corrected chi connectivity index (χ0v) is 13.4. The van der Waals surface area contributed by atoms with Gasteiger partial charge in [0.15, 0.2) is 0 Å². The van der Waals surface area contributed by atoms with E-state index in [1.54, 1.807) is 13.3 Å². The third-order valence-electron chi connectivity index (χ3n) is 3.09. The fraction of sp³-hybridized carbons (Fsp3) is 0.312. The second-order valence-electron chi connectivity index (χ2n) is 4.53. The summed E-state index contributed by atoms with van der Waals surface area (Å²) in [7, 11) is 1.68. The fourth-order valence-corrected chi connectivity index (χ4v) is 2.37. The number of aromatic nitrogens is 1. The number of methoxy groups -OCH3 is 1. The lowest BCUT2D eigenvalue weighted by atomic mass is 10.0. The van der Waals surface area contributed by atoms with Crippen LogP contribution >= 0.6 is 15.9 Å². The van der Waals surface area contributed by atoms with E-state index in [1.165, 1.54) is 5.56 Å². The van der Waals surface area contributed by atoms with Crippen molar-refractivity contribution in [1.82, 2.24) is 10.3 Å². The van der Waals surface area contributed by atoms with Gasteiger partial charge in [-0.15, -0.1) is 0 Å². The molecule has 0 saturated heterocycles. The quantitative estimate of drug-likeness (QED) is 0.868. The molecule has 1 atom stereocenters. The number of nitrogens with one attached hydrogen (secondary N) is 1. The highest BCUT2D eigenvalue weighted by molar-refractivity contribution is 9.10. The maximum atomic E-state index is 5.44. The van der Waals surface area contributed by atoms with Crippen molar-refractivity contribution in [3.63, 3.8) is 0 Å². The molecule has 106 valence electrons. The topological polar surface area (TPSA) is 34.2 Å². The third-order valence-corrected chi connectivity index (χ3v) is 3.62. The summed E-state index contributed by atoms with van der Waals surface area (Å²) in [6.07, 6.45) is 2.87. The van der Waals surface area contributed by atoms with Crippen LogP contribution in [0.1, 0.15) is 30.6 Å². The number of rotatable bonds is 6. The molecule has 3 nitrogen and oxygen atoms in total. The zero-order valence-electron chi connectivity index (χ0n) is 11.8. The van der Waals surface area contributed by atoms with Crippen molar-refractivity contribution in [3.8, 4) is 5.75 Å². The average Bonchev–Trinajstić information content (AvgIpc) is 2.50. The molecule has 1 aromatic carbocycles. The van der Waals surface area contributed by atoms with Gasteiger partial charge in [-0.25, -0.2) is 0 Å². The van der Waals surface area contributed by atoms with Crippen LogP contribution in [0.2, 0.25) is 0 Å². The Morgan fingerprint density at radius 1 is 1.25 bits per heavy atom. The SMILES string of the molecule is CCCNC(c1ccc(Br)cc1)c1ncccc1OC. The van der Waals surface area contributed by atoms with Gasteiger partial charge in [0.05, 0.1) is 13.2 Å². The van der Waals surface area contributed by atoms with Crippen LogP contribution in [0.4, 0.5) is 0 Å². The monoisotopic (exact) mass is 334 g/mol. The molecule has 4 heteroatoms. The number of pyridine rings is 1. The Labute approximate surface area is 128 Å². The third kappa shape index (κ3) is 3.58. The first kappa shape index (κ1) is 15.0. The van der Waals surface area contributed by atoms with Crippen LogP contribution in [-0.4, -0.2) is 18.6 Å². The van der Waals surface area contributed by atoms with Gasteiger partial charge in [0.1, 0.15) is 11.4 Å². The Morgan fingerprint density at radius 3 is 2.65 bits per heavy atom. The predicted octanol–water partition coefficient (Wildman–Crippen LogP) is 3.94. The van der Waals surface area contributed by atoms with Gasteiger partial charge in [0.25, 0.3) is 0 Å². The molecule has 2 aromatic rings. The smallest absolute Gasteiger partial charge is 0.142 e. The number of hydrogen-bond donors (Lipinski definition) is 1. The summed E-state index contributed by atoms with van der Waals surface area (Å²) in [5, 5.41) is 3.54. The molecule has 1 N–H and O–H groups in total. The molecule has 0 spiro atoms. The largest absolute Gasteiger partial charge is 0.495 e. The summed E-state index contributed by atoms with van der Waals surface area (Å²) in [5.74, 6) is 0.809. The lowest BCUT2D eigenvalue weighted by Gasteiger charge is -2.20. The van der Waals surface area contributed by atoms with Gasteiger partial charge in [-0.2, -0.15) is 0 Å². The number of benzene rings is 1. The van der Waals surface area contributed by atoms with Crippen molar-refractivity contribution in [2.24, 2.45) is 0 Å². The lowest BCUT2D eigenvalue weighted by Crippen LogP contribution is -2.24. The van der Waals surface area contributed by atoms with Crippen LogP contribution in [0.3, 0.4) is 0 Å². The molecule has 0 aliphatic carbocycles. The Kier molecular flexibility index (Phi) is 5.56. The second-order valence-corrected chi connectivity index (χ2v) is 5.45. The number of hydrogen-bond acceptors (Lipinski definition) is 3. The number of halogens is 1. The molecule has 2 rings (SSSR count). The Bertz CT molecular complexity index is 542. The van der Waals surface area contributed by atoms with E-state index in [-0.39, 0.29) is 6.04 Å². The van der Waals surface area contributed by atoms with E-state index >= 15 is 0 Å². The fourth-order valence-electron chi connectivity index (χ4n) is 2.11. The van der Waals surface area contributed by atoms with Crippen molar-refractivity contribution in [2.75, 3.05) is 13.7 Å². The molecule has 20 heavy (non-hydrogen) atoms. The summed E-state index contributed by atoms with van der Waals surface area (Å²) >= 11 is 3.47. The number of ether oxygens (including phenoxy) is 1. The molecular weight excluding hydrogens is 316 g/mol. The highest BCUT2D eigenvalue weighted by Gasteiger charge is 2.18. The van der Waals surface area contributed by atoms with Crippen molar-refractivity contribution >= 4 is 15.9 Å². The van der Waals surface area contributed by atoms with Gasteiger partial charge in [0, 0.05) is 10.7 Å². The number of nitrogens with zero attached hydrogens (tertiary/aromatic N) is 1. The molecule has 0 fully saturated rings. The van der Waals surface area contributed by atoms with Crippen LogP contribution < -0.4 is 10.1 Å².